The summed E-state index contributed by atoms with van der Waals surface area (Å²) in [6.07, 6.45) is 6.33. The number of benzene rings is 1. The summed E-state index contributed by atoms with van der Waals surface area (Å²) >= 11 is 0. The molecule has 0 aliphatic heterocycles. The zero-order valence-electron chi connectivity index (χ0n) is 11.6. The van der Waals surface area contributed by atoms with Gasteiger partial charge in [0, 0.05) is 5.69 Å². The Hall–Kier alpha value is -1.55. The highest BCUT2D eigenvalue weighted by molar-refractivity contribution is 5.93. The number of hydrogen-bond donors (Lipinski definition) is 3. The van der Waals surface area contributed by atoms with Gasteiger partial charge in [0.2, 0.25) is 5.96 Å². The first-order valence-corrected chi connectivity index (χ1v) is 7.16. The van der Waals surface area contributed by atoms with E-state index in [1.807, 2.05) is 30.3 Å². The predicted octanol–water partition coefficient (Wildman–Crippen LogP) is 2.89. The van der Waals surface area contributed by atoms with Crippen molar-refractivity contribution in [2.45, 2.75) is 45.1 Å². The molecule has 104 valence electrons. The fraction of sp³-hybridized carbons (Fsp3) is 0.533. The van der Waals surface area contributed by atoms with Gasteiger partial charge in [-0.15, -0.1) is 0 Å². The van der Waals surface area contributed by atoms with Gasteiger partial charge in [-0.05, 0) is 30.9 Å². The molecule has 1 aromatic carbocycles. The summed E-state index contributed by atoms with van der Waals surface area (Å²) < 4.78 is 0. The van der Waals surface area contributed by atoms with E-state index in [1.54, 1.807) is 0 Å². The van der Waals surface area contributed by atoms with Crippen LogP contribution < -0.4 is 16.6 Å². The number of hydrogen-bond acceptors (Lipinski definition) is 2. The van der Waals surface area contributed by atoms with Crippen molar-refractivity contribution in [1.29, 1.82) is 0 Å². The Kier molecular flexibility index (Phi) is 5.21. The smallest absolute Gasteiger partial charge is 0.210 e. The van der Waals surface area contributed by atoms with Gasteiger partial charge in [0.1, 0.15) is 0 Å². The van der Waals surface area contributed by atoms with Crippen molar-refractivity contribution >= 4 is 11.6 Å². The highest BCUT2D eigenvalue weighted by Gasteiger charge is 2.19. The van der Waals surface area contributed by atoms with Crippen molar-refractivity contribution in [3.63, 3.8) is 0 Å². The van der Waals surface area contributed by atoms with Crippen LogP contribution in [0.1, 0.15) is 39.0 Å². The minimum Gasteiger partial charge on any atom is -0.325 e. The molecule has 2 rings (SSSR count). The maximum Gasteiger partial charge on any atom is 0.210 e. The van der Waals surface area contributed by atoms with Crippen LogP contribution in [-0.4, -0.2) is 12.0 Å². The van der Waals surface area contributed by atoms with Crippen LogP contribution in [0.25, 0.3) is 0 Å². The summed E-state index contributed by atoms with van der Waals surface area (Å²) in [7, 11) is 0. The van der Waals surface area contributed by atoms with Crippen molar-refractivity contribution in [2.75, 3.05) is 5.32 Å². The van der Waals surface area contributed by atoms with E-state index in [9.17, 15) is 0 Å². The first kappa shape index (κ1) is 13.9. The predicted molar refractivity (Wildman–Crippen MR) is 80.9 cm³/mol. The molecule has 0 amide bonds. The van der Waals surface area contributed by atoms with Crippen molar-refractivity contribution < 1.29 is 0 Å². The van der Waals surface area contributed by atoms with Gasteiger partial charge in [0.25, 0.3) is 0 Å². The lowest BCUT2D eigenvalue weighted by Gasteiger charge is -2.19. The molecule has 2 atom stereocenters. The Morgan fingerprint density at radius 2 is 1.89 bits per heavy atom. The molecule has 0 heterocycles. The fourth-order valence-electron chi connectivity index (χ4n) is 2.59. The maximum atomic E-state index is 5.58. The zero-order chi connectivity index (χ0) is 13.5. The third-order valence-electron chi connectivity index (χ3n) is 3.78. The standard InChI is InChI=1S/C15H24N4/c1-12-8-4-2-7-11-14(12)18-15(19-16)17-13-9-5-3-6-10-13/h3,5-6,9-10,12,14H,2,4,7-8,11,16H2,1H3,(H2,17,18,19). The summed E-state index contributed by atoms with van der Waals surface area (Å²) in [6, 6.07) is 10.3. The van der Waals surface area contributed by atoms with Crippen molar-refractivity contribution in [3.05, 3.63) is 30.3 Å². The lowest BCUT2D eigenvalue weighted by Crippen LogP contribution is -2.38. The van der Waals surface area contributed by atoms with Gasteiger partial charge >= 0.3 is 0 Å². The number of guanidine groups is 1. The van der Waals surface area contributed by atoms with Crippen molar-refractivity contribution in [1.82, 2.24) is 5.43 Å². The number of hydrazine groups is 1. The van der Waals surface area contributed by atoms with Crippen LogP contribution in [0.2, 0.25) is 0 Å². The van der Waals surface area contributed by atoms with Crippen LogP contribution >= 0.6 is 0 Å². The second kappa shape index (κ2) is 7.14. The molecule has 4 nitrogen and oxygen atoms in total. The molecule has 1 aromatic rings. The lowest BCUT2D eigenvalue weighted by molar-refractivity contribution is 0.433. The van der Waals surface area contributed by atoms with Crippen LogP contribution in [-0.2, 0) is 0 Å². The van der Waals surface area contributed by atoms with Crippen LogP contribution in [0.15, 0.2) is 35.3 Å². The van der Waals surface area contributed by atoms with E-state index in [0.29, 0.717) is 17.9 Å². The monoisotopic (exact) mass is 260 g/mol. The van der Waals surface area contributed by atoms with E-state index in [2.05, 4.69) is 17.7 Å². The number of aliphatic imine (C=N–C) groups is 1. The number of para-hydroxylation sites is 1. The van der Waals surface area contributed by atoms with Gasteiger partial charge in [0.15, 0.2) is 0 Å². The summed E-state index contributed by atoms with van der Waals surface area (Å²) in [6.45, 7) is 2.29. The van der Waals surface area contributed by atoms with Crippen LogP contribution in [0.5, 0.6) is 0 Å². The number of nitrogens with two attached hydrogens (primary N) is 1. The Morgan fingerprint density at radius 1 is 1.16 bits per heavy atom. The van der Waals surface area contributed by atoms with Gasteiger partial charge in [-0.3, -0.25) is 5.43 Å². The molecular weight excluding hydrogens is 236 g/mol. The molecule has 19 heavy (non-hydrogen) atoms. The van der Waals surface area contributed by atoms with Crippen molar-refractivity contribution in [2.24, 2.45) is 16.8 Å². The van der Waals surface area contributed by atoms with Gasteiger partial charge in [0.05, 0.1) is 6.04 Å². The normalized spacial score (nSPS) is 24.6. The Bertz CT molecular complexity index is 402. The number of rotatable bonds is 2. The molecule has 1 aliphatic carbocycles. The van der Waals surface area contributed by atoms with Crippen LogP contribution in [0, 0.1) is 5.92 Å². The maximum absolute atomic E-state index is 5.58. The number of anilines is 1. The molecule has 0 radical (unpaired) electrons. The Balaban J connectivity index is 2.05. The minimum absolute atomic E-state index is 0.366. The fourth-order valence-corrected chi connectivity index (χ4v) is 2.59. The zero-order valence-corrected chi connectivity index (χ0v) is 11.6. The summed E-state index contributed by atoms with van der Waals surface area (Å²) in [4.78, 5) is 4.76. The average Bonchev–Trinajstić information content (AvgIpc) is 2.64. The quantitative estimate of drug-likeness (QED) is 0.252. The first-order valence-electron chi connectivity index (χ1n) is 7.16. The Morgan fingerprint density at radius 3 is 2.63 bits per heavy atom. The first-order chi connectivity index (χ1) is 9.29. The second-order valence-corrected chi connectivity index (χ2v) is 5.30. The van der Waals surface area contributed by atoms with Crippen LogP contribution in [0.3, 0.4) is 0 Å². The van der Waals surface area contributed by atoms with E-state index in [-0.39, 0.29) is 0 Å². The lowest BCUT2D eigenvalue weighted by atomic mass is 9.98. The molecule has 4 N–H and O–H groups in total. The molecular formula is C15H24N4. The molecule has 4 heteroatoms. The molecule has 2 unspecified atom stereocenters. The second-order valence-electron chi connectivity index (χ2n) is 5.30. The van der Waals surface area contributed by atoms with Crippen molar-refractivity contribution in [3.8, 4) is 0 Å². The topological polar surface area (TPSA) is 62.4 Å². The third-order valence-corrected chi connectivity index (χ3v) is 3.78. The summed E-state index contributed by atoms with van der Waals surface area (Å²) in [5, 5.41) is 3.23. The summed E-state index contributed by atoms with van der Waals surface area (Å²) in [5.41, 5.74) is 3.68. The van der Waals surface area contributed by atoms with Crippen LogP contribution in [0.4, 0.5) is 5.69 Å². The van der Waals surface area contributed by atoms with Gasteiger partial charge in [-0.25, -0.2) is 10.8 Å². The van der Waals surface area contributed by atoms with Gasteiger partial charge in [-0.2, -0.15) is 0 Å². The molecule has 0 aromatic heterocycles. The molecule has 0 saturated heterocycles. The highest BCUT2D eigenvalue weighted by Crippen LogP contribution is 2.25. The van der Waals surface area contributed by atoms with E-state index < -0.39 is 0 Å². The molecule has 0 spiro atoms. The largest absolute Gasteiger partial charge is 0.325 e. The van der Waals surface area contributed by atoms with E-state index in [4.69, 9.17) is 10.8 Å². The van der Waals surface area contributed by atoms with E-state index in [0.717, 1.165) is 12.1 Å². The molecule has 1 saturated carbocycles. The van der Waals surface area contributed by atoms with E-state index >= 15 is 0 Å². The SMILES string of the molecule is CC1CCCCCC1N=C(NN)Nc1ccccc1. The average molecular weight is 260 g/mol. The molecule has 1 aliphatic rings. The highest BCUT2D eigenvalue weighted by atomic mass is 15.3. The minimum atomic E-state index is 0.366. The molecule has 1 fully saturated rings. The number of nitrogens with one attached hydrogen (secondary N) is 2. The van der Waals surface area contributed by atoms with Gasteiger partial charge < -0.3 is 5.32 Å². The third kappa shape index (κ3) is 4.24. The number of nitrogens with zero attached hydrogens (tertiary/aromatic N) is 1. The van der Waals surface area contributed by atoms with Gasteiger partial charge in [-0.1, -0.05) is 44.4 Å². The Labute approximate surface area is 115 Å². The summed E-state index contributed by atoms with van der Waals surface area (Å²) in [5.74, 6) is 6.86. The molecule has 0 bridgehead atoms. The van der Waals surface area contributed by atoms with E-state index in [1.165, 1.54) is 25.7 Å².